The first-order valence-corrected chi connectivity index (χ1v) is 9.54. The summed E-state index contributed by atoms with van der Waals surface area (Å²) in [6.07, 6.45) is 3.50. The minimum atomic E-state index is 0.0244. The van der Waals surface area contributed by atoms with Gasteiger partial charge in [0.05, 0.1) is 12.1 Å². The van der Waals surface area contributed by atoms with Gasteiger partial charge in [0.1, 0.15) is 5.75 Å². The van der Waals surface area contributed by atoms with Crippen molar-refractivity contribution in [2.45, 2.75) is 32.9 Å². The number of nitrogens with zero attached hydrogens (tertiary/aromatic N) is 2. The number of rotatable bonds is 6. The number of phenols is 1. The highest BCUT2D eigenvalue weighted by Crippen LogP contribution is 2.24. The van der Waals surface area contributed by atoms with Crippen LogP contribution in [0.4, 0.5) is 0 Å². The van der Waals surface area contributed by atoms with E-state index in [1.807, 2.05) is 69.3 Å². The molecule has 3 aromatic rings. The summed E-state index contributed by atoms with van der Waals surface area (Å²) < 4.78 is 0. The van der Waals surface area contributed by atoms with Crippen LogP contribution in [0.2, 0.25) is 0 Å². The van der Waals surface area contributed by atoms with E-state index >= 15 is 0 Å². The summed E-state index contributed by atoms with van der Waals surface area (Å²) in [7, 11) is 0. The van der Waals surface area contributed by atoms with Crippen molar-refractivity contribution in [3.8, 4) is 5.75 Å². The standard InChI is InChI=1S/C25H26N2O/c1-18-14-23(16-26-19(2)21-10-6-4-7-11-21)25(28)24(15-18)17-27-20(3)22-12-8-5-9-13-22/h4-17,19-20,28H,1-3H3/t19-,20-/m0/s1. The maximum absolute atomic E-state index is 10.7. The second-order valence-electron chi connectivity index (χ2n) is 7.02. The van der Waals surface area contributed by atoms with Crippen molar-refractivity contribution < 1.29 is 5.11 Å². The minimum Gasteiger partial charge on any atom is -0.507 e. The fraction of sp³-hybridized carbons (Fsp3) is 0.200. The fourth-order valence-corrected chi connectivity index (χ4v) is 3.05. The molecule has 0 unspecified atom stereocenters. The van der Waals surface area contributed by atoms with Gasteiger partial charge in [-0.2, -0.15) is 0 Å². The highest BCUT2D eigenvalue weighted by Gasteiger charge is 2.08. The molecule has 0 bridgehead atoms. The quantitative estimate of drug-likeness (QED) is 0.527. The predicted molar refractivity (Wildman–Crippen MR) is 118 cm³/mol. The van der Waals surface area contributed by atoms with E-state index in [9.17, 15) is 5.11 Å². The molecule has 0 aliphatic rings. The summed E-state index contributed by atoms with van der Waals surface area (Å²) in [4.78, 5) is 9.24. The Kier molecular flexibility index (Phi) is 6.38. The number of benzene rings is 3. The SMILES string of the molecule is Cc1cc(C=N[C@@H](C)c2ccccc2)c(O)c(C=N[C@@H](C)c2ccccc2)c1. The number of hydrogen-bond donors (Lipinski definition) is 1. The van der Waals surface area contributed by atoms with Crippen LogP contribution in [-0.2, 0) is 0 Å². The Morgan fingerprint density at radius 2 is 1.11 bits per heavy atom. The lowest BCUT2D eigenvalue weighted by molar-refractivity contribution is 0.473. The third-order valence-electron chi connectivity index (χ3n) is 4.75. The van der Waals surface area contributed by atoms with Gasteiger partial charge in [-0.25, -0.2) is 0 Å². The molecule has 2 atom stereocenters. The van der Waals surface area contributed by atoms with Gasteiger partial charge in [-0.15, -0.1) is 0 Å². The zero-order chi connectivity index (χ0) is 19.9. The van der Waals surface area contributed by atoms with Crippen LogP contribution in [0.25, 0.3) is 0 Å². The topological polar surface area (TPSA) is 45.0 Å². The molecule has 142 valence electrons. The second-order valence-corrected chi connectivity index (χ2v) is 7.02. The van der Waals surface area contributed by atoms with Crippen molar-refractivity contribution in [1.82, 2.24) is 0 Å². The molecule has 0 radical (unpaired) electrons. The van der Waals surface area contributed by atoms with E-state index in [4.69, 9.17) is 0 Å². The molecule has 0 amide bonds. The van der Waals surface area contributed by atoms with Crippen molar-refractivity contribution in [1.29, 1.82) is 0 Å². The Labute approximate surface area is 167 Å². The zero-order valence-corrected chi connectivity index (χ0v) is 16.6. The molecule has 3 nitrogen and oxygen atoms in total. The van der Waals surface area contributed by atoms with E-state index in [2.05, 4.69) is 34.3 Å². The summed E-state index contributed by atoms with van der Waals surface area (Å²) in [6.45, 7) is 6.10. The van der Waals surface area contributed by atoms with Gasteiger partial charge in [0.15, 0.2) is 0 Å². The Hall–Kier alpha value is -3.20. The van der Waals surface area contributed by atoms with Crippen LogP contribution < -0.4 is 0 Å². The number of phenolic OH excluding ortho intramolecular Hbond substituents is 1. The summed E-state index contributed by atoms with van der Waals surface area (Å²) in [5, 5.41) is 10.7. The summed E-state index contributed by atoms with van der Waals surface area (Å²) >= 11 is 0. The van der Waals surface area contributed by atoms with Gasteiger partial charge in [-0.1, -0.05) is 60.7 Å². The third kappa shape index (κ3) is 4.95. The molecule has 0 saturated carbocycles. The molecule has 28 heavy (non-hydrogen) atoms. The number of aromatic hydroxyl groups is 1. The van der Waals surface area contributed by atoms with Gasteiger partial charge < -0.3 is 5.11 Å². The summed E-state index contributed by atoms with van der Waals surface area (Å²) in [5.41, 5.74) is 4.75. The van der Waals surface area contributed by atoms with Crippen LogP contribution in [0.5, 0.6) is 5.75 Å². The van der Waals surface area contributed by atoms with Crippen molar-refractivity contribution in [2.75, 3.05) is 0 Å². The van der Waals surface area contributed by atoms with Crippen molar-refractivity contribution in [3.63, 3.8) is 0 Å². The number of aryl methyl sites for hydroxylation is 1. The van der Waals surface area contributed by atoms with E-state index in [1.165, 1.54) is 0 Å². The average molecular weight is 370 g/mol. The van der Waals surface area contributed by atoms with Gasteiger partial charge in [0.2, 0.25) is 0 Å². The van der Waals surface area contributed by atoms with E-state index in [-0.39, 0.29) is 17.8 Å². The molecule has 3 heteroatoms. The van der Waals surface area contributed by atoms with Gasteiger partial charge in [-0.3, -0.25) is 9.98 Å². The van der Waals surface area contributed by atoms with E-state index in [0.29, 0.717) is 11.1 Å². The first-order chi connectivity index (χ1) is 13.5. The van der Waals surface area contributed by atoms with Crippen molar-refractivity contribution >= 4 is 12.4 Å². The maximum Gasteiger partial charge on any atom is 0.133 e. The van der Waals surface area contributed by atoms with Crippen molar-refractivity contribution in [3.05, 3.63) is 101 Å². The lowest BCUT2D eigenvalue weighted by atomic mass is 10.0. The van der Waals surface area contributed by atoms with Gasteiger partial charge in [0, 0.05) is 23.6 Å². The second kappa shape index (κ2) is 9.14. The van der Waals surface area contributed by atoms with Crippen LogP contribution in [0.1, 0.15) is 53.7 Å². The highest BCUT2D eigenvalue weighted by molar-refractivity contribution is 5.92. The predicted octanol–water partition coefficient (Wildman–Crippen LogP) is 6.06. The molecule has 3 aromatic carbocycles. The fourth-order valence-electron chi connectivity index (χ4n) is 3.05. The Morgan fingerprint density at radius 1 is 0.714 bits per heavy atom. The summed E-state index contributed by atoms with van der Waals surface area (Å²) in [6, 6.07) is 24.2. The molecule has 0 saturated heterocycles. The maximum atomic E-state index is 10.7. The minimum absolute atomic E-state index is 0.0244. The number of aliphatic imine (C=N–C) groups is 2. The third-order valence-corrected chi connectivity index (χ3v) is 4.75. The molecule has 0 spiro atoms. The lowest BCUT2D eigenvalue weighted by Gasteiger charge is -2.09. The molecular formula is C25H26N2O. The van der Waals surface area contributed by atoms with Crippen LogP contribution in [0.15, 0.2) is 82.8 Å². The smallest absolute Gasteiger partial charge is 0.133 e. The highest BCUT2D eigenvalue weighted by atomic mass is 16.3. The van der Waals surface area contributed by atoms with Crippen LogP contribution in [-0.4, -0.2) is 17.5 Å². The lowest BCUT2D eigenvalue weighted by Crippen LogP contribution is -1.96. The monoisotopic (exact) mass is 370 g/mol. The summed E-state index contributed by atoms with van der Waals surface area (Å²) in [5.74, 6) is 0.207. The number of hydrogen-bond acceptors (Lipinski definition) is 3. The average Bonchev–Trinajstić information content (AvgIpc) is 2.73. The molecule has 0 aliphatic heterocycles. The first-order valence-electron chi connectivity index (χ1n) is 9.54. The molecule has 3 rings (SSSR count). The van der Waals surface area contributed by atoms with Gasteiger partial charge in [-0.05, 0) is 49.6 Å². The molecule has 1 N–H and O–H groups in total. The van der Waals surface area contributed by atoms with Crippen LogP contribution >= 0.6 is 0 Å². The van der Waals surface area contributed by atoms with E-state index in [0.717, 1.165) is 16.7 Å². The Balaban J connectivity index is 1.82. The normalized spacial score (nSPS) is 13.8. The molecule has 0 aliphatic carbocycles. The Bertz CT molecular complexity index is 886. The van der Waals surface area contributed by atoms with Crippen LogP contribution in [0.3, 0.4) is 0 Å². The first kappa shape index (κ1) is 19.6. The van der Waals surface area contributed by atoms with E-state index < -0.39 is 0 Å². The van der Waals surface area contributed by atoms with Crippen molar-refractivity contribution in [2.24, 2.45) is 9.98 Å². The van der Waals surface area contributed by atoms with Crippen LogP contribution in [0, 0.1) is 6.92 Å². The molecule has 0 fully saturated rings. The Morgan fingerprint density at radius 3 is 1.50 bits per heavy atom. The van der Waals surface area contributed by atoms with E-state index in [1.54, 1.807) is 12.4 Å². The largest absolute Gasteiger partial charge is 0.507 e. The van der Waals surface area contributed by atoms with Gasteiger partial charge >= 0.3 is 0 Å². The zero-order valence-electron chi connectivity index (χ0n) is 16.6. The van der Waals surface area contributed by atoms with Gasteiger partial charge in [0.25, 0.3) is 0 Å². The molecular weight excluding hydrogens is 344 g/mol. The molecule has 0 aromatic heterocycles. The molecule has 0 heterocycles.